The Balaban J connectivity index is 1.53. The zero-order chi connectivity index (χ0) is 29.7. The molecule has 0 radical (unpaired) electrons. The van der Waals surface area contributed by atoms with Crippen molar-refractivity contribution >= 4 is 28.8 Å². The number of hydrogen-bond acceptors (Lipinski definition) is 7. The minimum Gasteiger partial charge on any atom is -0.405 e. The highest BCUT2D eigenvalue weighted by atomic mass is 32.2. The van der Waals surface area contributed by atoms with E-state index in [1.807, 2.05) is 43.3 Å². The third-order valence-corrected chi connectivity index (χ3v) is 14.3. The van der Waals surface area contributed by atoms with Crippen LogP contribution in [0.5, 0.6) is 0 Å². The second-order valence-corrected chi connectivity index (χ2v) is 18.4. The predicted octanol–water partition coefficient (Wildman–Crippen LogP) is 4.91. The van der Waals surface area contributed by atoms with Crippen LogP contribution in [0.3, 0.4) is 0 Å². The molecule has 4 atom stereocenters. The van der Waals surface area contributed by atoms with Gasteiger partial charge in [0.1, 0.15) is 17.8 Å². The average Bonchev–Trinajstić information content (AvgIpc) is 3.28. The third-order valence-electron chi connectivity index (χ3n) is 7.95. The highest BCUT2D eigenvalue weighted by molar-refractivity contribution is 7.86. The van der Waals surface area contributed by atoms with Gasteiger partial charge >= 0.3 is 0 Å². The highest BCUT2D eigenvalue weighted by Crippen LogP contribution is 2.48. The summed E-state index contributed by atoms with van der Waals surface area (Å²) >= 11 is 0. The lowest BCUT2D eigenvalue weighted by Crippen LogP contribution is -2.67. The van der Waals surface area contributed by atoms with Gasteiger partial charge in [-0.05, 0) is 55.2 Å². The lowest BCUT2D eigenvalue weighted by Gasteiger charge is -2.43. The summed E-state index contributed by atoms with van der Waals surface area (Å²) < 4.78 is 58.9. The van der Waals surface area contributed by atoms with E-state index in [9.17, 15) is 8.42 Å². The summed E-state index contributed by atoms with van der Waals surface area (Å²) in [4.78, 5) is 0.0694. The van der Waals surface area contributed by atoms with Crippen molar-refractivity contribution < 1.29 is 31.2 Å². The molecule has 0 saturated carbocycles. The lowest BCUT2D eigenvalue weighted by molar-refractivity contribution is -0.219. The predicted molar refractivity (Wildman–Crippen MR) is 160 cm³/mol. The second kappa shape index (κ2) is 10.7. The Morgan fingerprint density at radius 2 is 1.39 bits per heavy atom. The van der Waals surface area contributed by atoms with Crippen molar-refractivity contribution in [3.8, 4) is 0 Å². The van der Waals surface area contributed by atoms with Crippen molar-refractivity contribution in [3.63, 3.8) is 0 Å². The molecule has 0 bridgehead atoms. The summed E-state index contributed by atoms with van der Waals surface area (Å²) in [6.45, 7) is 13.9. The van der Waals surface area contributed by atoms with Crippen LogP contribution in [0, 0.1) is 6.92 Å². The van der Waals surface area contributed by atoms with Gasteiger partial charge in [0.2, 0.25) is 0 Å². The van der Waals surface area contributed by atoms with E-state index in [1.54, 1.807) is 45.0 Å². The number of benzene rings is 3. The van der Waals surface area contributed by atoms with Crippen molar-refractivity contribution in [1.82, 2.24) is 0 Å². The Labute approximate surface area is 245 Å². The first-order valence-corrected chi connectivity index (χ1v) is 17.3. The summed E-state index contributed by atoms with van der Waals surface area (Å²) in [6.07, 6.45) is -2.62. The van der Waals surface area contributed by atoms with Gasteiger partial charge in [0.15, 0.2) is 12.1 Å². The standard InChI is InChI=1S/C32H40O7SSi/c1-23-18-20-24(21-19-23)40(33,34)38-28-27(36-29-32(28,7)39-31(5,6)37-29)22-35-41(30(2,3)4,25-14-10-8-11-15-25)26-16-12-9-13-17-26/h8-21,27-29H,22H2,1-7H3. The monoisotopic (exact) mass is 596 g/mol. The Kier molecular flexibility index (Phi) is 7.87. The molecule has 2 aliphatic rings. The average molecular weight is 597 g/mol. The van der Waals surface area contributed by atoms with E-state index >= 15 is 0 Å². The van der Waals surface area contributed by atoms with E-state index < -0.39 is 48.3 Å². The van der Waals surface area contributed by atoms with Crippen molar-refractivity contribution in [3.05, 3.63) is 90.5 Å². The third kappa shape index (κ3) is 5.57. The molecule has 0 N–H and O–H groups in total. The minimum atomic E-state index is -4.15. The van der Waals surface area contributed by atoms with Crippen LogP contribution in [0.15, 0.2) is 89.8 Å². The van der Waals surface area contributed by atoms with Crippen LogP contribution in [0.2, 0.25) is 5.04 Å². The van der Waals surface area contributed by atoms with E-state index in [0.29, 0.717) is 0 Å². The number of aryl methyl sites for hydroxylation is 1. The van der Waals surface area contributed by atoms with E-state index in [4.69, 9.17) is 22.8 Å². The van der Waals surface area contributed by atoms with Gasteiger partial charge in [-0.2, -0.15) is 8.42 Å². The number of ether oxygens (including phenoxy) is 3. The quantitative estimate of drug-likeness (QED) is 0.270. The summed E-state index contributed by atoms with van der Waals surface area (Å²) in [7, 11) is -7.08. The first-order chi connectivity index (χ1) is 19.2. The number of rotatable bonds is 8. The molecule has 0 spiro atoms. The first kappa shape index (κ1) is 30.1. The summed E-state index contributed by atoms with van der Waals surface area (Å²) in [5, 5.41) is 1.95. The molecule has 5 rings (SSSR count). The molecule has 220 valence electrons. The van der Waals surface area contributed by atoms with Crippen LogP contribution in [0.25, 0.3) is 0 Å². The molecule has 3 aromatic carbocycles. The molecular formula is C32H40O7SSi. The summed E-state index contributed by atoms with van der Waals surface area (Å²) in [5.41, 5.74) is -0.230. The van der Waals surface area contributed by atoms with Crippen LogP contribution >= 0.6 is 0 Å². The zero-order valence-corrected chi connectivity index (χ0v) is 26.6. The highest BCUT2D eigenvalue weighted by Gasteiger charge is 2.65. The largest absolute Gasteiger partial charge is 0.405 e. The molecule has 4 unspecified atom stereocenters. The maximum absolute atomic E-state index is 13.5. The molecule has 2 fully saturated rings. The van der Waals surface area contributed by atoms with E-state index in [1.165, 1.54) is 0 Å². The molecule has 0 aliphatic carbocycles. The van der Waals surface area contributed by atoms with Gasteiger partial charge in [-0.3, -0.25) is 4.18 Å². The molecule has 41 heavy (non-hydrogen) atoms. The molecule has 3 aromatic rings. The van der Waals surface area contributed by atoms with Crippen molar-refractivity contribution in [1.29, 1.82) is 0 Å². The normalized spacial score (nSPS) is 26.2. The van der Waals surface area contributed by atoms with E-state index in [0.717, 1.165) is 15.9 Å². The Morgan fingerprint density at radius 3 is 1.90 bits per heavy atom. The van der Waals surface area contributed by atoms with Gasteiger partial charge in [-0.25, -0.2) is 0 Å². The SMILES string of the molecule is Cc1ccc(S(=O)(=O)OC2C(CO[Si](c3ccccc3)(c3ccccc3)C(C)(C)C)OC3OC(C)(C)OC32C)cc1. The van der Waals surface area contributed by atoms with Crippen LogP contribution in [-0.2, 0) is 32.9 Å². The van der Waals surface area contributed by atoms with Gasteiger partial charge in [0.05, 0.1) is 11.5 Å². The topological polar surface area (TPSA) is 80.3 Å². The van der Waals surface area contributed by atoms with Gasteiger partial charge in [0.25, 0.3) is 18.4 Å². The maximum atomic E-state index is 13.5. The van der Waals surface area contributed by atoms with Crippen LogP contribution in [0.1, 0.15) is 47.1 Å². The number of fused-ring (bicyclic) bond motifs is 1. The maximum Gasteiger partial charge on any atom is 0.297 e. The Morgan fingerprint density at radius 1 is 0.854 bits per heavy atom. The lowest BCUT2D eigenvalue weighted by atomic mass is 9.98. The van der Waals surface area contributed by atoms with Crippen LogP contribution in [-0.4, -0.2) is 53.2 Å². The second-order valence-electron chi connectivity index (χ2n) is 12.6. The van der Waals surface area contributed by atoms with Gasteiger partial charge in [-0.15, -0.1) is 0 Å². The molecule has 0 aromatic heterocycles. The summed E-state index contributed by atoms with van der Waals surface area (Å²) in [5.74, 6) is -0.974. The van der Waals surface area contributed by atoms with Crippen molar-refractivity contribution in [2.45, 2.75) is 88.3 Å². The molecule has 2 saturated heterocycles. The Hall–Kier alpha value is -2.37. The van der Waals surface area contributed by atoms with Gasteiger partial charge < -0.3 is 18.6 Å². The number of hydrogen-bond donors (Lipinski definition) is 0. The van der Waals surface area contributed by atoms with Crippen LogP contribution < -0.4 is 10.4 Å². The fourth-order valence-electron chi connectivity index (χ4n) is 6.08. The van der Waals surface area contributed by atoms with Gasteiger partial charge in [0, 0.05) is 0 Å². The minimum absolute atomic E-state index is 0.0694. The fraction of sp³-hybridized carbons (Fsp3) is 0.438. The summed E-state index contributed by atoms with van der Waals surface area (Å²) in [6, 6.07) is 27.1. The van der Waals surface area contributed by atoms with E-state index in [-0.39, 0.29) is 16.5 Å². The van der Waals surface area contributed by atoms with Crippen molar-refractivity contribution in [2.75, 3.05) is 6.61 Å². The Bertz CT molecular complexity index is 1410. The van der Waals surface area contributed by atoms with Crippen LogP contribution in [0.4, 0.5) is 0 Å². The fourth-order valence-corrected chi connectivity index (χ4v) is 11.8. The van der Waals surface area contributed by atoms with E-state index in [2.05, 4.69) is 45.0 Å². The van der Waals surface area contributed by atoms with Crippen molar-refractivity contribution in [2.24, 2.45) is 0 Å². The van der Waals surface area contributed by atoms with Gasteiger partial charge in [-0.1, -0.05) is 99.1 Å². The molecule has 9 heteroatoms. The molecular weight excluding hydrogens is 556 g/mol. The zero-order valence-electron chi connectivity index (χ0n) is 24.8. The molecule has 2 aliphatic heterocycles. The smallest absolute Gasteiger partial charge is 0.297 e. The molecule has 2 heterocycles. The molecule has 7 nitrogen and oxygen atoms in total. The molecule has 0 amide bonds. The first-order valence-electron chi connectivity index (χ1n) is 14.0.